The van der Waals surface area contributed by atoms with Gasteiger partial charge < -0.3 is 9.94 Å². The van der Waals surface area contributed by atoms with Gasteiger partial charge in [0.1, 0.15) is 17.7 Å². The van der Waals surface area contributed by atoms with Crippen molar-refractivity contribution >= 4 is 20.8 Å². The van der Waals surface area contributed by atoms with Crippen LogP contribution < -0.4 is 10.2 Å². The molecule has 1 heterocycles. The third-order valence-electron chi connectivity index (χ3n) is 3.77. The van der Waals surface area contributed by atoms with Crippen molar-refractivity contribution in [2.45, 2.75) is 24.4 Å². The molecule has 0 spiro atoms. The van der Waals surface area contributed by atoms with Crippen molar-refractivity contribution < 1.29 is 18.4 Å². The van der Waals surface area contributed by atoms with E-state index in [1.54, 1.807) is 38.1 Å². The van der Waals surface area contributed by atoms with E-state index in [2.05, 4.69) is 10.2 Å². The van der Waals surface area contributed by atoms with Gasteiger partial charge in [0.15, 0.2) is 0 Å². The van der Waals surface area contributed by atoms with E-state index in [1.807, 2.05) is 0 Å². The molecule has 3 N–H and O–H groups in total. The van der Waals surface area contributed by atoms with Crippen LogP contribution >= 0.6 is 0 Å². The summed E-state index contributed by atoms with van der Waals surface area (Å²) in [5.41, 5.74) is 2.33. The Balaban J connectivity index is 2.11. The molecule has 0 fully saturated rings. The zero-order valence-corrected chi connectivity index (χ0v) is 12.9. The Kier molecular flexibility index (Phi) is 3.36. The molecule has 22 heavy (non-hydrogen) atoms. The highest BCUT2D eigenvalue weighted by molar-refractivity contribution is 7.89. The molecule has 0 saturated carbocycles. The molecular weight excluding hydrogens is 304 g/mol. The van der Waals surface area contributed by atoms with Crippen molar-refractivity contribution in [2.75, 3.05) is 0 Å². The van der Waals surface area contributed by atoms with E-state index >= 15 is 0 Å². The van der Waals surface area contributed by atoms with Gasteiger partial charge in [0.05, 0.1) is 4.90 Å². The number of aromatic hydroxyl groups is 1. The van der Waals surface area contributed by atoms with Gasteiger partial charge in [0.25, 0.3) is 0 Å². The third-order valence-corrected chi connectivity index (χ3v) is 5.39. The lowest BCUT2D eigenvalue weighted by atomic mass is 10.1. The average molecular weight is 320 g/mol. The Hall–Kier alpha value is -2.09. The number of nitrogens with one attached hydrogen (secondary N) is 2. The number of fused-ring (bicyclic) bond motifs is 1. The zero-order valence-electron chi connectivity index (χ0n) is 12.1. The molecule has 0 amide bonds. The minimum atomic E-state index is -3.82. The molecule has 7 heteroatoms. The number of hydrogen-bond donors (Lipinski definition) is 3. The van der Waals surface area contributed by atoms with E-state index in [-0.39, 0.29) is 10.6 Å². The maximum Gasteiger partial charge on any atom is 0.243 e. The smallest absolute Gasteiger partial charge is 0.243 e. The molecule has 2 aromatic carbocycles. The van der Waals surface area contributed by atoms with Crippen molar-refractivity contribution in [1.29, 1.82) is 0 Å². The van der Waals surface area contributed by atoms with Gasteiger partial charge in [-0.15, -0.1) is 5.48 Å². The van der Waals surface area contributed by atoms with Gasteiger partial charge in [0, 0.05) is 16.3 Å². The second kappa shape index (κ2) is 4.98. The highest BCUT2D eigenvalue weighted by atomic mass is 32.2. The first-order valence-corrected chi connectivity index (χ1v) is 8.16. The van der Waals surface area contributed by atoms with Crippen molar-refractivity contribution in [2.24, 2.45) is 0 Å². The van der Waals surface area contributed by atoms with Crippen molar-refractivity contribution in [3.63, 3.8) is 0 Å². The maximum absolute atomic E-state index is 12.7. The highest BCUT2D eigenvalue weighted by Crippen LogP contribution is 2.30. The zero-order chi connectivity index (χ0) is 16.0. The Labute approximate surface area is 128 Å². The van der Waals surface area contributed by atoms with Crippen molar-refractivity contribution in [3.8, 4) is 5.75 Å². The van der Waals surface area contributed by atoms with Crippen LogP contribution in [0.5, 0.6) is 5.75 Å². The molecule has 1 aliphatic heterocycles. The van der Waals surface area contributed by atoms with E-state index in [0.29, 0.717) is 16.3 Å². The van der Waals surface area contributed by atoms with Crippen LogP contribution in [0.25, 0.3) is 10.8 Å². The van der Waals surface area contributed by atoms with E-state index in [9.17, 15) is 13.5 Å². The number of phenolic OH excluding ortho intramolecular Hbond substituents is 1. The molecule has 116 valence electrons. The summed E-state index contributed by atoms with van der Waals surface area (Å²) in [7, 11) is -3.82. The first kappa shape index (κ1) is 14.8. The standard InChI is InChI=1S/C15H16N2O4S/c1-10-9-21-16-15(10,2)17-22(19,20)14-8-4-5-11-12(14)6-3-7-13(11)18/h3-9,16-18H,1-2H3. The molecule has 1 unspecified atom stereocenters. The molecule has 6 nitrogen and oxygen atoms in total. The molecule has 1 aliphatic rings. The van der Waals surface area contributed by atoms with Crippen LogP contribution in [0.4, 0.5) is 0 Å². The number of phenols is 1. The molecule has 1 atom stereocenters. The Morgan fingerprint density at radius 2 is 1.86 bits per heavy atom. The molecule has 0 aliphatic carbocycles. The summed E-state index contributed by atoms with van der Waals surface area (Å²) in [5.74, 6) is 0.0409. The second-order valence-corrected chi connectivity index (χ2v) is 7.03. The summed E-state index contributed by atoms with van der Waals surface area (Å²) < 4.78 is 28.1. The first-order valence-electron chi connectivity index (χ1n) is 6.68. The van der Waals surface area contributed by atoms with Gasteiger partial charge in [-0.05, 0) is 26.0 Å². The fourth-order valence-corrected chi connectivity index (χ4v) is 3.93. The van der Waals surface area contributed by atoms with Gasteiger partial charge in [-0.2, -0.15) is 4.72 Å². The van der Waals surface area contributed by atoms with E-state index < -0.39 is 15.7 Å². The molecule has 3 rings (SSSR count). The second-order valence-electron chi connectivity index (χ2n) is 5.38. The third kappa shape index (κ3) is 2.33. The van der Waals surface area contributed by atoms with Crippen LogP contribution in [-0.2, 0) is 14.9 Å². The van der Waals surface area contributed by atoms with Crippen LogP contribution in [-0.4, -0.2) is 19.2 Å². The van der Waals surface area contributed by atoms with Gasteiger partial charge in [-0.1, -0.05) is 24.3 Å². The Morgan fingerprint density at radius 1 is 1.18 bits per heavy atom. The van der Waals surface area contributed by atoms with Gasteiger partial charge in [-0.3, -0.25) is 0 Å². The van der Waals surface area contributed by atoms with Crippen LogP contribution in [0.15, 0.2) is 53.1 Å². The van der Waals surface area contributed by atoms with Crippen molar-refractivity contribution in [3.05, 3.63) is 48.2 Å². The lowest BCUT2D eigenvalue weighted by Crippen LogP contribution is -2.54. The predicted molar refractivity (Wildman–Crippen MR) is 82.3 cm³/mol. The fraction of sp³-hybridized carbons (Fsp3) is 0.200. The van der Waals surface area contributed by atoms with Crippen LogP contribution in [0, 0.1) is 0 Å². The number of rotatable bonds is 3. The summed E-state index contributed by atoms with van der Waals surface area (Å²) in [5, 5.41) is 10.8. The molecule has 0 radical (unpaired) electrons. The Bertz CT molecular complexity index is 876. The number of hydrogen-bond acceptors (Lipinski definition) is 5. The predicted octanol–water partition coefficient (Wildman–Crippen LogP) is 1.98. The summed E-state index contributed by atoms with van der Waals surface area (Å²) in [6, 6.07) is 9.57. The van der Waals surface area contributed by atoms with Crippen molar-refractivity contribution in [1.82, 2.24) is 10.2 Å². The van der Waals surface area contributed by atoms with Crippen LogP contribution in [0.1, 0.15) is 13.8 Å². The summed E-state index contributed by atoms with van der Waals surface area (Å²) in [4.78, 5) is 5.08. The molecule has 0 aromatic heterocycles. The van der Waals surface area contributed by atoms with E-state index in [1.165, 1.54) is 18.4 Å². The average Bonchev–Trinajstić information content (AvgIpc) is 2.77. The first-order chi connectivity index (χ1) is 10.3. The lowest BCUT2D eigenvalue weighted by molar-refractivity contribution is 0.0993. The van der Waals surface area contributed by atoms with Gasteiger partial charge >= 0.3 is 0 Å². The molecular formula is C15H16N2O4S. The van der Waals surface area contributed by atoms with E-state index in [4.69, 9.17) is 4.84 Å². The topological polar surface area (TPSA) is 87.7 Å². The summed E-state index contributed by atoms with van der Waals surface area (Å²) in [6.07, 6.45) is 1.46. The highest BCUT2D eigenvalue weighted by Gasteiger charge is 2.36. The quantitative estimate of drug-likeness (QED) is 0.805. The summed E-state index contributed by atoms with van der Waals surface area (Å²) >= 11 is 0. The summed E-state index contributed by atoms with van der Waals surface area (Å²) in [6.45, 7) is 3.43. The number of benzene rings is 2. The van der Waals surface area contributed by atoms with Gasteiger partial charge in [-0.25, -0.2) is 8.42 Å². The lowest BCUT2D eigenvalue weighted by Gasteiger charge is -2.25. The molecule has 0 bridgehead atoms. The van der Waals surface area contributed by atoms with Crippen LogP contribution in [0.3, 0.4) is 0 Å². The van der Waals surface area contributed by atoms with Crippen LogP contribution in [0.2, 0.25) is 0 Å². The largest absolute Gasteiger partial charge is 0.507 e. The number of hydroxylamine groups is 1. The minimum absolute atomic E-state index is 0.0409. The SMILES string of the molecule is CC1=CONC1(C)NS(=O)(=O)c1cccc2c(O)cccc12. The Morgan fingerprint density at radius 3 is 2.55 bits per heavy atom. The van der Waals surface area contributed by atoms with Gasteiger partial charge in [0.2, 0.25) is 10.0 Å². The normalized spacial score (nSPS) is 21.6. The van der Waals surface area contributed by atoms with E-state index in [0.717, 1.165) is 0 Å². The number of sulfonamides is 1. The molecule has 0 saturated heterocycles. The monoisotopic (exact) mass is 320 g/mol. The minimum Gasteiger partial charge on any atom is -0.507 e. The molecule has 2 aromatic rings. The maximum atomic E-state index is 12.7. The fourth-order valence-electron chi connectivity index (χ4n) is 2.36.